The molecule has 0 unspecified atom stereocenters. The molecule has 0 aliphatic carbocycles. The Kier molecular flexibility index (Phi) is 3.93. The first kappa shape index (κ1) is 13.2. The monoisotopic (exact) mass is 364 g/mol. The summed E-state index contributed by atoms with van der Waals surface area (Å²) in [7, 11) is 0. The van der Waals surface area contributed by atoms with E-state index in [1.807, 2.05) is 5.32 Å². The van der Waals surface area contributed by atoms with Crippen LogP contribution in [0.4, 0.5) is 25.1 Å². The Morgan fingerprint density at radius 1 is 1.12 bits per heavy atom. The molecule has 0 saturated carbocycles. The molecular weight excluding hydrogens is 345 g/mol. The summed E-state index contributed by atoms with van der Waals surface area (Å²) in [5.74, 6) is -0.884. The molecule has 1 atom stereocenters. The highest BCUT2D eigenvalue weighted by Crippen LogP contribution is 2.24. The largest absolute Gasteiger partial charge is 0.408 e. The molecule has 0 aliphatic heterocycles. The number of alkyl halides is 3. The van der Waals surface area contributed by atoms with Crippen LogP contribution in [0.15, 0.2) is 18.2 Å². The first-order valence-electron chi connectivity index (χ1n) is 8.76. The van der Waals surface area contributed by atoms with Crippen LogP contribution < -0.4 is 10.6 Å². The van der Waals surface area contributed by atoms with Crippen molar-refractivity contribution in [2.24, 2.45) is 0 Å². The highest BCUT2D eigenvalue weighted by atomic mass is 35.5. The normalized spacial score (nSPS) is 16.0. The van der Waals surface area contributed by atoms with Gasteiger partial charge in [0.1, 0.15) is 16.9 Å². The molecule has 2 aromatic heterocycles. The van der Waals surface area contributed by atoms with Crippen LogP contribution in [0.25, 0.3) is 11.5 Å². The summed E-state index contributed by atoms with van der Waals surface area (Å²) in [6, 6.07) is -0.564. The number of nitrogens with zero attached hydrogens (tertiary/aromatic N) is 4. The fourth-order valence-electron chi connectivity index (χ4n) is 1.57. The van der Waals surface area contributed by atoms with Gasteiger partial charge in [0, 0.05) is 10.2 Å². The number of nitrogens with one attached hydrogen (secondary N) is 2. The van der Waals surface area contributed by atoms with Gasteiger partial charge in [-0.3, -0.25) is 0 Å². The van der Waals surface area contributed by atoms with Crippen molar-refractivity contribution in [3.8, 4) is 11.5 Å². The minimum atomic E-state index is -5.08. The van der Waals surface area contributed by atoms with Gasteiger partial charge in [0.05, 0.1) is 1.37 Å². The molecular formula is C14H16ClF3N6. The van der Waals surface area contributed by atoms with Crippen molar-refractivity contribution in [2.45, 2.75) is 39.0 Å². The van der Waals surface area contributed by atoms with E-state index in [2.05, 4.69) is 25.3 Å². The average Bonchev–Trinajstić information content (AvgIpc) is 2.48. The van der Waals surface area contributed by atoms with E-state index in [1.165, 1.54) is 12.1 Å². The molecule has 24 heavy (non-hydrogen) atoms. The Balaban J connectivity index is 2.54. The molecule has 0 fully saturated rings. The zero-order valence-corrected chi connectivity index (χ0v) is 13.4. The number of halogens is 4. The van der Waals surface area contributed by atoms with E-state index in [9.17, 15) is 13.2 Å². The van der Waals surface area contributed by atoms with Crippen LogP contribution in [0.3, 0.4) is 0 Å². The Bertz CT molecular complexity index is 813. The molecule has 0 aromatic carbocycles. The molecule has 10 heteroatoms. The quantitative estimate of drug-likeness (QED) is 0.786. The standard InChI is InChI=1S/C14H16ClF3N6/c1-7(2)19-12-22-11(9-5-4-6-10(15)21-9)23-13(24-12)20-8(3)14(16,17)18/h4-8H,1-3H3,(H2,19,20,22,23,24)/t8-/m1/s1/i3D3,4D. The fraction of sp³-hybridized carbons (Fsp3) is 0.429. The van der Waals surface area contributed by atoms with Crippen molar-refractivity contribution < 1.29 is 18.7 Å². The van der Waals surface area contributed by atoms with Gasteiger partial charge in [0.25, 0.3) is 0 Å². The molecule has 2 N–H and O–H groups in total. The molecule has 0 saturated heterocycles. The molecule has 2 rings (SSSR count). The van der Waals surface area contributed by atoms with E-state index >= 15 is 0 Å². The predicted molar refractivity (Wildman–Crippen MR) is 86.0 cm³/mol. The summed E-state index contributed by atoms with van der Waals surface area (Å²) < 4.78 is 68.6. The molecule has 6 nitrogen and oxygen atoms in total. The van der Waals surface area contributed by atoms with E-state index in [0.29, 0.717) is 0 Å². The van der Waals surface area contributed by atoms with Gasteiger partial charge in [-0.2, -0.15) is 28.1 Å². The minimum Gasteiger partial charge on any atom is -0.352 e. The van der Waals surface area contributed by atoms with Gasteiger partial charge in [0.2, 0.25) is 11.9 Å². The SMILES string of the molecule is [2H]c1cc(Cl)nc(-c2nc(NC(C)C)nc(N[C@H](C([2H])([2H])[2H])C(F)(F)F)n2)c1. The topological polar surface area (TPSA) is 75.6 Å². The lowest BCUT2D eigenvalue weighted by Crippen LogP contribution is -2.34. The zero-order chi connectivity index (χ0) is 21.3. The predicted octanol–water partition coefficient (Wildman–Crippen LogP) is 3.77. The van der Waals surface area contributed by atoms with Crippen molar-refractivity contribution in [2.75, 3.05) is 10.6 Å². The lowest BCUT2D eigenvalue weighted by Gasteiger charge is -2.18. The van der Waals surface area contributed by atoms with Gasteiger partial charge in [-0.15, -0.1) is 0 Å². The maximum atomic E-state index is 13.2. The second-order valence-corrected chi connectivity index (χ2v) is 5.39. The van der Waals surface area contributed by atoms with Gasteiger partial charge in [-0.05, 0) is 32.8 Å². The number of rotatable bonds is 5. The van der Waals surface area contributed by atoms with Gasteiger partial charge in [-0.1, -0.05) is 17.6 Å². The molecule has 0 radical (unpaired) electrons. The maximum absolute atomic E-state index is 13.2. The summed E-state index contributed by atoms with van der Waals surface area (Å²) in [6.07, 6.45) is -5.08. The maximum Gasteiger partial charge on any atom is 0.408 e. The van der Waals surface area contributed by atoms with Crippen LogP contribution in [0.2, 0.25) is 5.15 Å². The molecule has 0 spiro atoms. The summed E-state index contributed by atoms with van der Waals surface area (Å²) in [5, 5.41) is 4.58. The Hall–Kier alpha value is -2.16. The lowest BCUT2D eigenvalue weighted by atomic mass is 10.3. The van der Waals surface area contributed by atoms with Crippen LogP contribution in [0.5, 0.6) is 0 Å². The van der Waals surface area contributed by atoms with Crippen molar-refractivity contribution in [1.82, 2.24) is 19.9 Å². The number of hydrogen-bond acceptors (Lipinski definition) is 6. The lowest BCUT2D eigenvalue weighted by molar-refractivity contribution is -0.138. The third-order valence-corrected chi connectivity index (χ3v) is 2.73. The average molecular weight is 365 g/mol. The van der Waals surface area contributed by atoms with Crippen molar-refractivity contribution in [1.29, 1.82) is 0 Å². The second-order valence-electron chi connectivity index (χ2n) is 5.00. The summed E-state index contributed by atoms with van der Waals surface area (Å²) in [5.41, 5.74) is 0.0206. The van der Waals surface area contributed by atoms with Gasteiger partial charge in [-0.25, -0.2) is 4.98 Å². The van der Waals surface area contributed by atoms with Crippen LogP contribution in [-0.2, 0) is 0 Å². The van der Waals surface area contributed by atoms with Crippen molar-refractivity contribution in [3.63, 3.8) is 0 Å². The van der Waals surface area contributed by atoms with E-state index in [1.54, 1.807) is 13.8 Å². The van der Waals surface area contributed by atoms with Gasteiger partial charge in [0.15, 0.2) is 5.82 Å². The molecule has 2 heterocycles. The van der Waals surface area contributed by atoms with Crippen LogP contribution in [0, 0.1) is 0 Å². The Morgan fingerprint density at radius 2 is 1.79 bits per heavy atom. The number of anilines is 2. The Labute approximate surface area is 147 Å². The van der Waals surface area contributed by atoms with Crippen molar-refractivity contribution in [3.05, 3.63) is 23.3 Å². The Morgan fingerprint density at radius 3 is 2.33 bits per heavy atom. The first-order chi connectivity index (χ1) is 12.8. The van der Waals surface area contributed by atoms with Crippen LogP contribution >= 0.6 is 11.6 Å². The van der Waals surface area contributed by atoms with Gasteiger partial charge >= 0.3 is 6.18 Å². The molecule has 2 aromatic rings. The summed E-state index contributed by atoms with van der Waals surface area (Å²) in [4.78, 5) is 15.6. The number of aromatic nitrogens is 4. The van der Waals surface area contributed by atoms with Crippen LogP contribution in [-0.4, -0.2) is 38.2 Å². The van der Waals surface area contributed by atoms with E-state index < -0.39 is 25.0 Å². The van der Waals surface area contributed by atoms with Gasteiger partial charge < -0.3 is 10.6 Å². The third-order valence-electron chi connectivity index (χ3n) is 2.53. The molecule has 0 amide bonds. The molecule has 0 bridgehead atoms. The molecule has 130 valence electrons. The van der Waals surface area contributed by atoms with E-state index in [-0.39, 0.29) is 34.7 Å². The third kappa shape index (κ3) is 4.92. The minimum absolute atomic E-state index is 0.0149. The van der Waals surface area contributed by atoms with E-state index in [0.717, 1.165) is 0 Å². The number of pyridine rings is 1. The molecule has 0 aliphatic rings. The summed E-state index contributed by atoms with van der Waals surface area (Å²) >= 11 is 5.81. The van der Waals surface area contributed by atoms with Crippen LogP contribution in [0.1, 0.15) is 26.2 Å². The zero-order valence-electron chi connectivity index (χ0n) is 16.6. The highest BCUT2D eigenvalue weighted by molar-refractivity contribution is 6.29. The summed E-state index contributed by atoms with van der Waals surface area (Å²) in [6.45, 7) is 0.105. The van der Waals surface area contributed by atoms with E-state index in [4.69, 9.17) is 17.1 Å². The second kappa shape index (κ2) is 7.16. The first-order valence-corrected chi connectivity index (χ1v) is 7.14. The highest BCUT2D eigenvalue weighted by Gasteiger charge is 2.36. The number of hydrogen-bond donors (Lipinski definition) is 2. The fourth-order valence-corrected chi connectivity index (χ4v) is 1.73. The smallest absolute Gasteiger partial charge is 0.352 e. The van der Waals surface area contributed by atoms with Crippen molar-refractivity contribution >= 4 is 23.5 Å².